The van der Waals surface area contributed by atoms with Gasteiger partial charge in [-0.2, -0.15) is 0 Å². The normalized spacial score (nSPS) is 17.8. The van der Waals surface area contributed by atoms with E-state index in [1.807, 2.05) is 12.1 Å². The summed E-state index contributed by atoms with van der Waals surface area (Å²) in [5, 5.41) is 12.3. The molecule has 0 saturated heterocycles. The van der Waals surface area contributed by atoms with Crippen LogP contribution >= 0.6 is 0 Å². The molecule has 0 saturated carbocycles. The standard InChI is InChI=1S/C15H22N2O2/c1-9(2)12(8-18)15(16)11-3-5-13-10(7-11)4-6-14(19)17-13/h3,5,7,9,12,15,18H,4,6,8,16H2,1-2H3,(H,17,19). The van der Waals surface area contributed by atoms with E-state index < -0.39 is 0 Å². The Morgan fingerprint density at radius 3 is 2.74 bits per heavy atom. The molecule has 19 heavy (non-hydrogen) atoms. The largest absolute Gasteiger partial charge is 0.396 e. The van der Waals surface area contributed by atoms with Crippen molar-refractivity contribution in [1.82, 2.24) is 0 Å². The first-order valence-electron chi connectivity index (χ1n) is 6.82. The quantitative estimate of drug-likeness (QED) is 0.775. The molecule has 2 atom stereocenters. The number of aliphatic hydroxyl groups is 1. The van der Waals surface area contributed by atoms with Gasteiger partial charge in [0.25, 0.3) is 0 Å². The van der Waals surface area contributed by atoms with Gasteiger partial charge in [-0.05, 0) is 29.5 Å². The first-order chi connectivity index (χ1) is 9.02. The Balaban J connectivity index is 2.24. The lowest BCUT2D eigenvalue weighted by atomic mass is 9.84. The third-order valence-corrected chi connectivity index (χ3v) is 3.94. The number of nitrogens with one attached hydrogen (secondary N) is 1. The summed E-state index contributed by atoms with van der Waals surface area (Å²) in [6, 6.07) is 5.74. The van der Waals surface area contributed by atoms with Crippen molar-refractivity contribution < 1.29 is 9.90 Å². The lowest BCUT2D eigenvalue weighted by Crippen LogP contribution is -2.29. The Morgan fingerprint density at radius 2 is 2.11 bits per heavy atom. The molecule has 2 rings (SSSR count). The Bertz CT molecular complexity index is 471. The van der Waals surface area contributed by atoms with Crippen LogP contribution in [0.2, 0.25) is 0 Å². The topological polar surface area (TPSA) is 75.3 Å². The molecule has 4 nitrogen and oxygen atoms in total. The van der Waals surface area contributed by atoms with Crippen LogP contribution in [0.1, 0.15) is 37.4 Å². The lowest BCUT2D eigenvalue weighted by molar-refractivity contribution is -0.116. The van der Waals surface area contributed by atoms with Gasteiger partial charge in [-0.1, -0.05) is 26.0 Å². The zero-order chi connectivity index (χ0) is 14.0. The van der Waals surface area contributed by atoms with E-state index in [2.05, 4.69) is 25.2 Å². The number of amides is 1. The average Bonchev–Trinajstić information content (AvgIpc) is 2.38. The maximum atomic E-state index is 11.3. The highest BCUT2D eigenvalue weighted by molar-refractivity contribution is 5.93. The minimum atomic E-state index is -0.173. The molecule has 2 unspecified atom stereocenters. The molecule has 0 bridgehead atoms. The van der Waals surface area contributed by atoms with E-state index in [1.165, 1.54) is 0 Å². The number of carbonyl (C=O) groups is 1. The van der Waals surface area contributed by atoms with Gasteiger partial charge in [-0.25, -0.2) is 0 Å². The number of nitrogens with two attached hydrogens (primary N) is 1. The summed E-state index contributed by atoms with van der Waals surface area (Å²) >= 11 is 0. The molecule has 104 valence electrons. The van der Waals surface area contributed by atoms with Gasteiger partial charge in [0, 0.05) is 30.7 Å². The second kappa shape index (κ2) is 5.72. The fraction of sp³-hybridized carbons (Fsp3) is 0.533. The number of aryl methyl sites for hydroxylation is 1. The molecule has 0 fully saturated rings. The maximum absolute atomic E-state index is 11.3. The van der Waals surface area contributed by atoms with Crippen LogP contribution in [-0.2, 0) is 11.2 Å². The minimum absolute atomic E-state index is 0.0521. The van der Waals surface area contributed by atoms with Crippen molar-refractivity contribution in [3.63, 3.8) is 0 Å². The van der Waals surface area contributed by atoms with E-state index >= 15 is 0 Å². The average molecular weight is 262 g/mol. The molecule has 1 heterocycles. The van der Waals surface area contributed by atoms with Gasteiger partial charge in [0.05, 0.1) is 0 Å². The van der Waals surface area contributed by atoms with Crippen molar-refractivity contribution in [2.75, 3.05) is 11.9 Å². The van der Waals surface area contributed by atoms with Crippen molar-refractivity contribution in [3.05, 3.63) is 29.3 Å². The number of benzene rings is 1. The van der Waals surface area contributed by atoms with Crippen LogP contribution in [0.3, 0.4) is 0 Å². The van der Waals surface area contributed by atoms with E-state index in [0.717, 1.165) is 23.2 Å². The van der Waals surface area contributed by atoms with Gasteiger partial charge < -0.3 is 16.2 Å². The molecule has 4 heteroatoms. The summed E-state index contributed by atoms with van der Waals surface area (Å²) in [4.78, 5) is 11.3. The van der Waals surface area contributed by atoms with Crippen molar-refractivity contribution in [3.8, 4) is 0 Å². The van der Waals surface area contributed by atoms with Crippen LogP contribution in [0.4, 0.5) is 5.69 Å². The first kappa shape index (κ1) is 14.0. The molecule has 1 aromatic rings. The molecular formula is C15H22N2O2. The second-order valence-electron chi connectivity index (χ2n) is 5.58. The highest BCUT2D eigenvalue weighted by Crippen LogP contribution is 2.30. The smallest absolute Gasteiger partial charge is 0.224 e. The second-order valence-corrected chi connectivity index (χ2v) is 5.58. The fourth-order valence-corrected chi connectivity index (χ4v) is 2.60. The predicted molar refractivity (Wildman–Crippen MR) is 75.7 cm³/mol. The van der Waals surface area contributed by atoms with E-state index in [0.29, 0.717) is 12.3 Å². The molecule has 0 aromatic heterocycles. The number of hydrogen-bond donors (Lipinski definition) is 3. The zero-order valence-electron chi connectivity index (χ0n) is 11.5. The van der Waals surface area contributed by atoms with Crippen molar-refractivity contribution in [2.45, 2.75) is 32.7 Å². The molecule has 1 amide bonds. The Kier molecular flexibility index (Phi) is 4.22. The van der Waals surface area contributed by atoms with Gasteiger partial charge in [0.1, 0.15) is 0 Å². The highest BCUT2D eigenvalue weighted by atomic mass is 16.3. The van der Waals surface area contributed by atoms with Crippen LogP contribution < -0.4 is 11.1 Å². The molecule has 4 N–H and O–H groups in total. The zero-order valence-corrected chi connectivity index (χ0v) is 11.5. The van der Waals surface area contributed by atoms with Crippen molar-refractivity contribution >= 4 is 11.6 Å². The molecule has 1 aromatic carbocycles. The number of anilines is 1. The Labute approximate surface area is 114 Å². The molecular weight excluding hydrogens is 240 g/mol. The van der Waals surface area contributed by atoms with Crippen LogP contribution in [0.5, 0.6) is 0 Å². The molecule has 0 radical (unpaired) electrons. The molecule has 0 spiro atoms. The van der Waals surface area contributed by atoms with E-state index in [-0.39, 0.29) is 24.5 Å². The van der Waals surface area contributed by atoms with Gasteiger partial charge in [-0.3, -0.25) is 4.79 Å². The van der Waals surface area contributed by atoms with Crippen LogP contribution in [0.25, 0.3) is 0 Å². The summed E-state index contributed by atoms with van der Waals surface area (Å²) in [7, 11) is 0. The van der Waals surface area contributed by atoms with Crippen LogP contribution in [-0.4, -0.2) is 17.6 Å². The minimum Gasteiger partial charge on any atom is -0.396 e. The van der Waals surface area contributed by atoms with Gasteiger partial charge in [-0.15, -0.1) is 0 Å². The Morgan fingerprint density at radius 1 is 1.37 bits per heavy atom. The summed E-state index contributed by atoms with van der Waals surface area (Å²) < 4.78 is 0. The third kappa shape index (κ3) is 2.96. The number of aliphatic hydroxyl groups excluding tert-OH is 1. The third-order valence-electron chi connectivity index (χ3n) is 3.94. The Hall–Kier alpha value is -1.39. The number of carbonyl (C=O) groups excluding carboxylic acids is 1. The van der Waals surface area contributed by atoms with Crippen molar-refractivity contribution in [1.29, 1.82) is 0 Å². The molecule has 0 aliphatic carbocycles. The number of rotatable bonds is 4. The van der Waals surface area contributed by atoms with Gasteiger partial charge >= 0.3 is 0 Å². The first-order valence-corrected chi connectivity index (χ1v) is 6.82. The van der Waals surface area contributed by atoms with Crippen LogP contribution in [0, 0.1) is 11.8 Å². The highest BCUT2D eigenvalue weighted by Gasteiger charge is 2.23. The SMILES string of the molecule is CC(C)C(CO)C(N)c1ccc2c(c1)CCC(=O)N2. The summed E-state index contributed by atoms with van der Waals surface area (Å²) in [6.07, 6.45) is 1.28. The monoisotopic (exact) mass is 262 g/mol. The van der Waals surface area contributed by atoms with Gasteiger partial charge in [0.15, 0.2) is 0 Å². The summed E-state index contributed by atoms with van der Waals surface area (Å²) in [5.41, 5.74) is 9.31. The number of fused-ring (bicyclic) bond motifs is 1. The van der Waals surface area contributed by atoms with E-state index in [9.17, 15) is 9.90 Å². The van der Waals surface area contributed by atoms with Crippen molar-refractivity contribution in [2.24, 2.45) is 17.6 Å². The van der Waals surface area contributed by atoms with Gasteiger partial charge in [0.2, 0.25) is 5.91 Å². The summed E-state index contributed by atoms with van der Waals surface area (Å²) in [5.74, 6) is 0.451. The van der Waals surface area contributed by atoms with E-state index in [1.54, 1.807) is 0 Å². The molecule has 1 aliphatic rings. The summed E-state index contributed by atoms with van der Waals surface area (Å²) in [6.45, 7) is 4.23. The van der Waals surface area contributed by atoms with Crippen LogP contribution in [0.15, 0.2) is 18.2 Å². The molecule has 1 aliphatic heterocycles. The predicted octanol–water partition coefficient (Wildman–Crippen LogP) is 1.84. The van der Waals surface area contributed by atoms with E-state index in [4.69, 9.17) is 5.73 Å². The maximum Gasteiger partial charge on any atom is 0.224 e. The lowest BCUT2D eigenvalue weighted by Gasteiger charge is -2.27. The fourth-order valence-electron chi connectivity index (χ4n) is 2.60. The number of hydrogen-bond acceptors (Lipinski definition) is 3.